The van der Waals surface area contributed by atoms with E-state index in [1.807, 2.05) is 0 Å². The van der Waals surface area contributed by atoms with Crippen molar-refractivity contribution in [3.8, 4) is 23.0 Å². The van der Waals surface area contributed by atoms with Crippen molar-refractivity contribution >= 4 is 92.0 Å². The van der Waals surface area contributed by atoms with Crippen LogP contribution in [0.5, 0.6) is 23.0 Å². The van der Waals surface area contributed by atoms with Gasteiger partial charge in [0.2, 0.25) is 0 Å². The smallest absolute Gasteiger partial charge is 0.296 e. The molecule has 0 saturated carbocycles. The highest BCUT2D eigenvalue weighted by Gasteiger charge is 2.27. The fourth-order valence-corrected chi connectivity index (χ4v) is 7.70. The van der Waals surface area contributed by atoms with Crippen LogP contribution in [-0.4, -0.2) is 103 Å². The first-order valence-electron chi connectivity index (χ1n) is 17.1. The minimum atomic E-state index is -5.07. The van der Waals surface area contributed by atoms with E-state index in [0.717, 1.165) is 18.2 Å². The van der Waals surface area contributed by atoms with E-state index < -0.39 is 98.2 Å². The summed E-state index contributed by atoms with van der Waals surface area (Å²) in [7, 11) is -15.1. The standard InChI is InChI=1S/C34H32N8O16S3/c1-16-31(34(47)42-35-16)40-36-18-2-3-20-17(10-18)11-29(61(54,55)56)32(33(20)46)41-39-24-15-26(57-8-6-43)23(14-27(24)58-9-7-44)38-37-22-4-5-28(60(51,52)53)21-12-19(59(48,49)50)13-25(45)30(21)22/h2-5,10-15,31,39,41,43-46H,6-9H2,1H3,(H,42,47)(H,48,49,50)(H,51,52,53)(H,54,55,56)/b38-37+,40-36+. The fourth-order valence-electron chi connectivity index (χ4n) is 5.81. The predicted molar refractivity (Wildman–Crippen MR) is 213 cm³/mol. The van der Waals surface area contributed by atoms with Crippen molar-refractivity contribution in [2.24, 2.45) is 25.6 Å². The molecule has 0 saturated heterocycles. The van der Waals surface area contributed by atoms with E-state index in [0.29, 0.717) is 17.8 Å². The SMILES string of the molecule is CC1=NNC(=O)C1/N=N/c1ccc2c(O)c(NNc3cc(OCCO)c(/N=N/c4ccc(S(=O)(=O)O)c5cc(S(=O)(=O)O)cc(O)c45)cc3OCCO)c(S(=O)(=O)O)cc2c1. The van der Waals surface area contributed by atoms with Crippen LogP contribution in [0.3, 0.4) is 0 Å². The van der Waals surface area contributed by atoms with E-state index in [9.17, 15) is 64.1 Å². The lowest BCUT2D eigenvalue weighted by molar-refractivity contribution is -0.120. The molecule has 1 unspecified atom stereocenters. The molecule has 0 aliphatic carbocycles. The zero-order chi connectivity index (χ0) is 44.4. The molecule has 5 aromatic rings. The number of fused-ring (bicyclic) bond motifs is 2. The number of phenolic OH excluding ortho intramolecular Hbond substituents is 2. The average molecular weight is 905 g/mol. The molecule has 6 rings (SSSR count). The molecule has 0 aromatic heterocycles. The monoisotopic (exact) mass is 904 g/mol. The van der Waals surface area contributed by atoms with E-state index in [-0.39, 0.29) is 58.2 Å². The quantitative estimate of drug-likeness (QED) is 0.0292. The summed E-state index contributed by atoms with van der Waals surface area (Å²) in [5.41, 5.74) is 6.85. The van der Waals surface area contributed by atoms with Gasteiger partial charge in [0.25, 0.3) is 36.3 Å². The predicted octanol–water partition coefficient (Wildman–Crippen LogP) is 3.70. The lowest BCUT2D eigenvalue weighted by Gasteiger charge is -2.19. The molecule has 0 fully saturated rings. The lowest BCUT2D eigenvalue weighted by atomic mass is 10.1. The van der Waals surface area contributed by atoms with Gasteiger partial charge in [0.1, 0.15) is 57.4 Å². The Kier molecular flexibility index (Phi) is 12.4. The van der Waals surface area contributed by atoms with Crippen LogP contribution in [0, 0.1) is 0 Å². The van der Waals surface area contributed by atoms with Gasteiger partial charge in [0.15, 0.2) is 6.04 Å². The number of benzene rings is 5. The zero-order valence-electron chi connectivity index (χ0n) is 30.9. The molecular weight excluding hydrogens is 873 g/mol. The van der Waals surface area contributed by atoms with Crippen LogP contribution in [0.1, 0.15) is 6.92 Å². The first kappa shape index (κ1) is 44.0. The number of ether oxygens (including phenoxy) is 2. The highest BCUT2D eigenvalue weighted by molar-refractivity contribution is 7.86. The maximum Gasteiger partial charge on any atom is 0.296 e. The van der Waals surface area contributed by atoms with Gasteiger partial charge in [-0.25, -0.2) is 5.43 Å². The number of anilines is 2. The van der Waals surface area contributed by atoms with Crippen LogP contribution < -0.4 is 25.8 Å². The second-order valence-electron chi connectivity index (χ2n) is 12.6. The largest absolute Gasteiger partial charge is 0.507 e. The molecule has 1 atom stereocenters. The van der Waals surface area contributed by atoms with Crippen LogP contribution in [0.2, 0.25) is 0 Å². The number of hydrazine groups is 1. The average Bonchev–Trinajstić information content (AvgIpc) is 3.51. The minimum absolute atomic E-state index is 0.0730. The number of phenols is 2. The van der Waals surface area contributed by atoms with Crippen molar-refractivity contribution in [2.45, 2.75) is 27.7 Å². The number of hydrogen-bond acceptors (Lipinski definition) is 20. The van der Waals surface area contributed by atoms with Crippen LogP contribution in [0.4, 0.5) is 28.4 Å². The highest BCUT2D eigenvalue weighted by atomic mass is 32.2. The summed E-state index contributed by atoms with van der Waals surface area (Å²) < 4.78 is 114. The summed E-state index contributed by atoms with van der Waals surface area (Å²) >= 11 is 0. The van der Waals surface area contributed by atoms with Crippen LogP contribution in [0.25, 0.3) is 21.5 Å². The van der Waals surface area contributed by atoms with Crippen molar-refractivity contribution < 1.29 is 73.6 Å². The lowest BCUT2D eigenvalue weighted by Crippen LogP contribution is -2.25. The van der Waals surface area contributed by atoms with Gasteiger partial charge in [-0.1, -0.05) is 0 Å². The molecule has 1 amide bonds. The van der Waals surface area contributed by atoms with Gasteiger partial charge in [-0.3, -0.25) is 29.3 Å². The van der Waals surface area contributed by atoms with E-state index >= 15 is 0 Å². The summed E-state index contributed by atoms with van der Waals surface area (Å²) in [4.78, 5) is 9.39. The molecule has 10 N–H and O–H groups in total. The Labute approximate surface area is 344 Å². The van der Waals surface area contributed by atoms with Crippen molar-refractivity contribution in [3.05, 3.63) is 60.7 Å². The molecule has 5 aromatic carbocycles. The van der Waals surface area contributed by atoms with Crippen molar-refractivity contribution in [1.29, 1.82) is 0 Å². The van der Waals surface area contributed by atoms with E-state index in [1.165, 1.54) is 30.3 Å². The van der Waals surface area contributed by atoms with Crippen molar-refractivity contribution in [1.82, 2.24) is 5.43 Å². The number of hydrazone groups is 1. The number of aliphatic hydroxyl groups excluding tert-OH is 2. The van der Waals surface area contributed by atoms with E-state index in [2.05, 4.69) is 41.8 Å². The Morgan fingerprint density at radius 2 is 1.41 bits per heavy atom. The van der Waals surface area contributed by atoms with Crippen LogP contribution >= 0.6 is 0 Å². The van der Waals surface area contributed by atoms with Gasteiger partial charge < -0.3 is 29.9 Å². The summed E-state index contributed by atoms with van der Waals surface area (Å²) in [6, 6.07) is 9.69. The molecule has 1 aliphatic rings. The van der Waals surface area contributed by atoms with E-state index in [4.69, 9.17) is 9.47 Å². The molecule has 0 radical (unpaired) electrons. The summed E-state index contributed by atoms with van der Waals surface area (Å²) in [5.74, 6) is -2.36. The first-order chi connectivity index (χ1) is 28.7. The van der Waals surface area contributed by atoms with E-state index in [1.54, 1.807) is 6.92 Å². The number of carbonyl (C=O) groups excluding carboxylic acids is 1. The number of aliphatic hydroxyl groups is 2. The summed E-state index contributed by atoms with van der Waals surface area (Å²) in [6.45, 7) is -0.123. The third-order valence-electron chi connectivity index (χ3n) is 8.54. The topological polar surface area (TPSA) is 377 Å². The Balaban J connectivity index is 1.40. The van der Waals surface area contributed by atoms with Gasteiger partial charge in [-0.15, -0.1) is 10.2 Å². The second-order valence-corrected chi connectivity index (χ2v) is 16.8. The second kappa shape index (κ2) is 17.2. The molecule has 61 heavy (non-hydrogen) atoms. The fraction of sp³-hybridized carbons (Fsp3) is 0.176. The normalized spacial score (nSPS) is 14.8. The third kappa shape index (κ3) is 9.58. The molecule has 27 heteroatoms. The number of nitrogens with zero attached hydrogens (tertiary/aromatic N) is 5. The number of aromatic hydroxyl groups is 2. The third-order valence-corrected chi connectivity index (χ3v) is 11.2. The van der Waals surface area contributed by atoms with Crippen molar-refractivity contribution in [2.75, 3.05) is 37.3 Å². The number of azo groups is 2. The molecule has 0 bridgehead atoms. The maximum absolute atomic E-state index is 12.6. The van der Waals surface area contributed by atoms with Gasteiger partial charge >= 0.3 is 0 Å². The highest BCUT2D eigenvalue weighted by Crippen LogP contribution is 2.44. The van der Waals surface area contributed by atoms with Gasteiger partial charge in [-0.2, -0.15) is 40.6 Å². The number of rotatable bonds is 16. The zero-order valence-corrected chi connectivity index (χ0v) is 33.4. The number of hydrogen-bond donors (Lipinski definition) is 10. The number of nitrogens with one attached hydrogen (secondary N) is 3. The molecule has 1 aliphatic heterocycles. The first-order valence-corrected chi connectivity index (χ1v) is 21.4. The number of amides is 1. The van der Waals surface area contributed by atoms with Crippen LogP contribution in [0.15, 0.2) is 101 Å². The molecule has 1 heterocycles. The summed E-state index contributed by atoms with van der Waals surface area (Å²) in [6.07, 6.45) is 0. The Hall–Kier alpha value is -6.59. The Morgan fingerprint density at radius 3 is 2.03 bits per heavy atom. The van der Waals surface area contributed by atoms with Crippen molar-refractivity contribution in [3.63, 3.8) is 0 Å². The van der Waals surface area contributed by atoms with Gasteiger partial charge in [-0.05, 0) is 54.8 Å². The summed E-state index contributed by atoms with van der Waals surface area (Å²) in [5, 5.41) is 60.2. The molecule has 322 valence electrons. The Bertz CT molecular complexity index is 3030. The molecule has 24 nitrogen and oxygen atoms in total. The van der Waals surface area contributed by atoms with Gasteiger partial charge in [0.05, 0.1) is 46.3 Å². The maximum atomic E-state index is 12.6. The van der Waals surface area contributed by atoms with Gasteiger partial charge in [0, 0.05) is 29.0 Å². The Morgan fingerprint density at radius 1 is 0.738 bits per heavy atom. The molecule has 0 spiro atoms. The minimum Gasteiger partial charge on any atom is -0.507 e. The molecular formula is C34H32N8O16S3. The van der Waals surface area contributed by atoms with Crippen LogP contribution in [-0.2, 0) is 35.1 Å². The number of carbonyl (C=O) groups is 1.